The van der Waals surface area contributed by atoms with Gasteiger partial charge in [0.1, 0.15) is 0 Å². The highest BCUT2D eigenvalue weighted by Gasteiger charge is 2.31. The Morgan fingerprint density at radius 2 is 1.89 bits per heavy atom. The van der Waals surface area contributed by atoms with Crippen LogP contribution in [0, 0.1) is 5.92 Å². The van der Waals surface area contributed by atoms with Crippen LogP contribution in [0.25, 0.3) is 0 Å². The third-order valence-electron chi connectivity index (χ3n) is 6.40. The van der Waals surface area contributed by atoms with E-state index in [4.69, 9.17) is 4.74 Å². The Bertz CT molecular complexity index is 614. The number of amides is 1. The first kappa shape index (κ1) is 21.3. The summed E-state index contributed by atoms with van der Waals surface area (Å²) in [4.78, 5) is 17.6. The highest BCUT2D eigenvalue weighted by atomic mass is 16.5. The molecule has 0 unspecified atom stereocenters. The Hall–Kier alpha value is -1.43. The molecule has 0 bridgehead atoms. The van der Waals surface area contributed by atoms with Crippen molar-refractivity contribution in [3.05, 3.63) is 35.4 Å². The predicted octanol–water partition coefficient (Wildman–Crippen LogP) is 2.69. The third-order valence-corrected chi connectivity index (χ3v) is 6.40. The molecule has 2 aliphatic rings. The number of methoxy groups -OCH3 is 1. The van der Waals surface area contributed by atoms with Gasteiger partial charge in [-0.05, 0) is 62.9 Å². The fourth-order valence-electron chi connectivity index (χ4n) is 4.71. The van der Waals surface area contributed by atoms with Crippen molar-refractivity contribution in [1.29, 1.82) is 0 Å². The zero-order chi connectivity index (χ0) is 19.8. The van der Waals surface area contributed by atoms with Crippen molar-refractivity contribution in [3.8, 4) is 0 Å². The van der Waals surface area contributed by atoms with Crippen molar-refractivity contribution in [2.75, 3.05) is 46.4 Å². The fourth-order valence-corrected chi connectivity index (χ4v) is 4.71. The number of carbonyl (C=O) groups is 1. The van der Waals surface area contributed by atoms with Gasteiger partial charge in [0, 0.05) is 32.8 Å². The minimum Gasteiger partial charge on any atom is -0.383 e. The maximum Gasteiger partial charge on any atom is 0.224 e. The van der Waals surface area contributed by atoms with Gasteiger partial charge in [-0.25, -0.2) is 0 Å². The molecule has 1 aromatic rings. The van der Waals surface area contributed by atoms with Gasteiger partial charge in [-0.3, -0.25) is 14.6 Å². The third kappa shape index (κ3) is 5.79. The van der Waals surface area contributed by atoms with E-state index in [9.17, 15) is 4.79 Å². The number of nitrogens with one attached hydrogen (secondary N) is 1. The van der Waals surface area contributed by atoms with Crippen LogP contribution in [0.1, 0.15) is 43.7 Å². The van der Waals surface area contributed by atoms with Gasteiger partial charge in [-0.2, -0.15) is 0 Å². The second-order valence-corrected chi connectivity index (χ2v) is 8.25. The molecule has 1 aromatic carbocycles. The predicted molar refractivity (Wildman–Crippen MR) is 113 cm³/mol. The van der Waals surface area contributed by atoms with Gasteiger partial charge in [0.25, 0.3) is 0 Å². The topological polar surface area (TPSA) is 44.8 Å². The van der Waals surface area contributed by atoms with E-state index < -0.39 is 0 Å². The smallest absolute Gasteiger partial charge is 0.224 e. The van der Waals surface area contributed by atoms with Crippen molar-refractivity contribution in [2.24, 2.45) is 5.92 Å². The number of hydrogen-bond donors (Lipinski definition) is 1. The van der Waals surface area contributed by atoms with Crippen LogP contribution in [0.3, 0.4) is 0 Å². The SMILES string of the molecule is CCc1ccccc1CN1CCC(N2CCC[C@H](C(=O)NCCOC)C2)CC1. The lowest BCUT2D eigenvalue weighted by Crippen LogP contribution is -2.50. The lowest BCUT2D eigenvalue weighted by atomic mass is 9.93. The summed E-state index contributed by atoms with van der Waals surface area (Å²) in [5, 5.41) is 3.02. The minimum atomic E-state index is 0.139. The number of rotatable bonds is 8. The molecule has 2 fully saturated rings. The van der Waals surface area contributed by atoms with Crippen LogP contribution in [0.5, 0.6) is 0 Å². The van der Waals surface area contributed by atoms with E-state index in [0.717, 1.165) is 52.0 Å². The quantitative estimate of drug-likeness (QED) is 0.697. The molecule has 2 aliphatic heterocycles. The maximum atomic E-state index is 12.4. The van der Waals surface area contributed by atoms with Crippen LogP contribution >= 0.6 is 0 Å². The molecule has 28 heavy (non-hydrogen) atoms. The van der Waals surface area contributed by atoms with Gasteiger partial charge in [0.2, 0.25) is 5.91 Å². The van der Waals surface area contributed by atoms with Crippen molar-refractivity contribution >= 4 is 5.91 Å². The summed E-state index contributed by atoms with van der Waals surface area (Å²) >= 11 is 0. The average molecular weight is 388 g/mol. The Morgan fingerprint density at radius 1 is 1.14 bits per heavy atom. The van der Waals surface area contributed by atoms with Gasteiger partial charge >= 0.3 is 0 Å². The number of nitrogens with zero attached hydrogens (tertiary/aromatic N) is 2. The highest BCUT2D eigenvalue weighted by molar-refractivity contribution is 5.78. The van der Waals surface area contributed by atoms with Crippen LogP contribution < -0.4 is 5.32 Å². The molecular weight excluding hydrogens is 350 g/mol. The summed E-state index contributed by atoms with van der Waals surface area (Å²) in [6.07, 6.45) is 5.68. The largest absolute Gasteiger partial charge is 0.383 e. The summed E-state index contributed by atoms with van der Waals surface area (Å²) in [5.41, 5.74) is 2.96. The first-order valence-electron chi connectivity index (χ1n) is 11.0. The minimum absolute atomic E-state index is 0.139. The molecule has 1 N–H and O–H groups in total. The summed E-state index contributed by atoms with van der Waals surface area (Å²) < 4.78 is 5.03. The molecule has 5 nitrogen and oxygen atoms in total. The zero-order valence-electron chi connectivity index (χ0n) is 17.7. The number of carbonyl (C=O) groups excluding carboxylic acids is 1. The molecule has 3 rings (SSSR count). The number of ether oxygens (including phenoxy) is 1. The number of likely N-dealkylation sites (tertiary alicyclic amines) is 2. The second kappa shape index (κ2) is 10.9. The fraction of sp³-hybridized carbons (Fsp3) is 0.696. The number of hydrogen-bond acceptors (Lipinski definition) is 4. The van der Waals surface area contributed by atoms with E-state index in [-0.39, 0.29) is 11.8 Å². The molecule has 0 aliphatic carbocycles. The molecule has 0 spiro atoms. The van der Waals surface area contributed by atoms with E-state index in [1.54, 1.807) is 7.11 Å². The van der Waals surface area contributed by atoms with Gasteiger partial charge in [0.15, 0.2) is 0 Å². The standard InChI is InChI=1S/C23H37N3O2/c1-3-19-7-4-5-8-20(19)17-25-14-10-22(11-15-25)26-13-6-9-21(18-26)23(27)24-12-16-28-2/h4-5,7-8,21-22H,3,6,9-18H2,1-2H3,(H,24,27)/t21-/m0/s1. The first-order chi connectivity index (χ1) is 13.7. The lowest BCUT2D eigenvalue weighted by Gasteiger charge is -2.42. The van der Waals surface area contributed by atoms with Crippen molar-refractivity contribution in [3.63, 3.8) is 0 Å². The first-order valence-corrected chi connectivity index (χ1v) is 11.0. The molecule has 2 heterocycles. The summed E-state index contributed by atoms with van der Waals surface area (Å²) in [6, 6.07) is 9.47. The number of piperidine rings is 2. The highest BCUT2D eigenvalue weighted by Crippen LogP contribution is 2.25. The summed E-state index contributed by atoms with van der Waals surface area (Å²) in [6.45, 7) is 8.89. The maximum absolute atomic E-state index is 12.4. The second-order valence-electron chi connectivity index (χ2n) is 8.25. The van der Waals surface area contributed by atoms with Crippen LogP contribution in [-0.4, -0.2) is 68.2 Å². The van der Waals surface area contributed by atoms with Crippen LogP contribution in [-0.2, 0) is 22.5 Å². The van der Waals surface area contributed by atoms with E-state index in [0.29, 0.717) is 19.2 Å². The van der Waals surface area contributed by atoms with Crippen LogP contribution in [0.15, 0.2) is 24.3 Å². The van der Waals surface area contributed by atoms with Gasteiger partial charge in [-0.15, -0.1) is 0 Å². The molecule has 5 heteroatoms. The Morgan fingerprint density at radius 3 is 2.61 bits per heavy atom. The number of benzene rings is 1. The number of aryl methyl sites for hydroxylation is 1. The van der Waals surface area contributed by atoms with Gasteiger partial charge < -0.3 is 10.1 Å². The van der Waals surface area contributed by atoms with E-state index >= 15 is 0 Å². The molecule has 2 saturated heterocycles. The molecule has 156 valence electrons. The average Bonchev–Trinajstić information content (AvgIpc) is 2.75. The summed E-state index contributed by atoms with van der Waals surface area (Å²) in [5.74, 6) is 0.343. The van der Waals surface area contributed by atoms with Crippen molar-refractivity contribution in [2.45, 2.75) is 51.6 Å². The van der Waals surface area contributed by atoms with E-state index in [2.05, 4.69) is 46.3 Å². The van der Waals surface area contributed by atoms with Crippen LogP contribution in [0.4, 0.5) is 0 Å². The molecule has 0 radical (unpaired) electrons. The molecular formula is C23H37N3O2. The Balaban J connectivity index is 1.46. The molecule has 0 saturated carbocycles. The molecule has 1 atom stereocenters. The Kier molecular flexibility index (Phi) is 8.31. The molecule has 1 amide bonds. The zero-order valence-corrected chi connectivity index (χ0v) is 17.7. The molecule has 0 aromatic heterocycles. The van der Waals surface area contributed by atoms with Crippen LogP contribution in [0.2, 0.25) is 0 Å². The normalized spacial score (nSPS) is 22.3. The van der Waals surface area contributed by atoms with Gasteiger partial charge in [-0.1, -0.05) is 31.2 Å². The Labute approximate surface area is 170 Å². The lowest BCUT2D eigenvalue weighted by molar-refractivity contribution is -0.127. The van der Waals surface area contributed by atoms with Gasteiger partial charge in [0.05, 0.1) is 12.5 Å². The van der Waals surface area contributed by atoms with E-state index in [1.807, 2.05) is 0 Å². The summed E-state index contributed by atoms with van der Waals surface area (Å²) in [7, 11) is 1.67. The van der Waals surface area contributed by atoms with E-state index in [1.165, 1.54) is 24.0 Å². The van der Waals surface area contributed by atoms with Crippen molar-refractivity contribution < 1.29 is 9.53 Å². The van der Waals surface area contributed by atoms with Crippen molar-refractivity contribution in [1.82, 2.24) is 15.1 Å². The monoisotopic (exact) mass is 387 g/mol.